The maximum absolute atomic E-state index is 15.3. The van der Waals surface area contributed by atoms with Crippen LogP contribution in [0, 0.1) is 57.2 Å². The molecule has 0 aromatic carbocycles. The van der Waals surface area contributed by atoms with Gasteiger partial charge in [-0.2, -0.15) is 19.3 Å². The summed E-state index contributed by atoms with van der Waals surface area (Å²) < 4.78 is 36.0. The molecule has 22 atom stereocenters. The number of hydrogen-bond acceptors (Lipinski definition) is 17. The fraction of sp³-hybridized carbons (Fsp3) is 0.875. The Hall–Kier alpha value is -0.607. The van der Waals surface area contributed by atoms with Gasteiger partial charge in [-0.05, 0) is 72.5 Å². The number of fused-ring (bicyclic) bond motifs is 7. The molecule has 0 aromatic heterocycles. The Bertz CT molecular complexity index is 1840. The van der Waals surface area contributed by atoms with Gasteiger partial charge in [0.25, 0.3) is 5.97 Å². The number of aliphatic hydroxyl groups is 8. The molecule has 3 aliphatic heterocycles. The molecule has 387 valence electrons. The monoisotopic (exact) mass is 1170 g/mol. The molecule has 0 bridgehead atoms. The SMILES string of the molecule is C[C-]1[C@@H](O)CCC2(C)C3CC=C4C5CC(C)(C)CCC5(C(=O)O[C@@H]5O[C@@H](CO)C(NC(=O)CN)C(O)C5O[C@@H]5O[C@H](C)C(O[C@@H]6OCC(O)C(O)C6O)C(O)C5O)[CH-]C[C@@]4(C)[C@@]3(C)CC[C@@H]12.[V].[W]. The summed E-state index contributed by atoms with van der Waals surface area (Å²) in [6.45, 7) is 13.8. The van der Waals surface area contributed by atoms with E-state index in [9.17, 15) is 45.6 Å². The van der Waals surface area contributed by atoms with E-state index in [4.69, 9.17) is 34.2 Å². The summed E-state index contributed by atoms with van der Waals surface area (Å²) in [6.07, 6.45) is -9.05. The minimum absolute atomic E-state index is 0. The molecule has 68 heavy (non-hydrogen) atoms. The Kier molecular flexibility index (Phi) is 17.5. The summed E-state index contributed by atoms with van der Waals surface area (Å²) in [7, 11) is 0. The minimum Gasteiger partial charge on any atom is -0.434 e. The van der Waals surface area contributed by atoms with Crippen molar-refractivity contribution >= 4 is 11.9 Å². The molecule has 20 heteroatoms. The van der Waals surface area contributed by atoms with E-state index in [0.29, 0.717) is 31.1 Å². The summed E-state index contributed by atoms with van der Waals surface area (Å²) in [5.41, 5.74) is 5.31. The average molecular weight is 1170 g/mol. The summed E-state index contributed by atoms with van der Waals surface area (Å²) in [6, 6.07) is -1.33. The third-order valence-corrected chi connectivity index (χ3v) is 18.5. The summed E-state index contributed by atoms with van der Waals surface area (Å²) in [5.74, 6) is 0.404. The number of nitrogens with two attached hydrogens (primary N) is 1. The van der Waals surface area contributed by atoms with Crippen LogP contribution in [0.1, 0.15) is 106 Å². The van der Waals surface area contributed by atoms with E-state index in [1.807, 2.05) is 0 Å². The Morgan fingerprint density at radius 2 is 1.56 bits per heavy atom. The molecule has 4 saturated carbocycles. The van der Waals surface area contributed by atoms with E-state index < -0.39 is 116 Å². The van der Waals surface area contributed by atoms with Crippen molar-refractivity contribution in [1.82, 2.24) is 5.32 Å². The van der Waals surface area contributed by atoms with Crippen LogP contribution in [0.15, 0.2) is 11.6 Å². The number of hydrogen-bond donors (Lipinski definition) is 10. The molecule has 7 fully saturated rings. The molecule has 8 rings (SSSR count). The molecule has 0 aromatic rings. The molecule has 3 saturated heterocycles. The van der Waals surface area contributed by atoms with Crippen molar-refractivity contribution in [3.05, 3.63) is 24.0 Å². The quantitative estimate of drug-likeness (QED) is 0.0843. The molecule has 5 aliphatic carbocycles. The predicted octanol–water partition coefficient (Wildman–Crippen LogP) is 0.267. The first-order chi connectivity index (χ1) is 31.0. The topological polar surface area (TPSA) is 289 Å². The zero-order valence-corrected chi connectivity index (χ0v) is 44.6. The smallest absolute Gasteiger partial charge is 0.284 e. The van der Waals surface area contributed by atoms with Gasteiger partial charge in [0.1, 0.15) is 48.8 Å². The van der Waals surface area contributed by atoms with Crippen LogP contribution in [0.4, 0.5) is 0 Å². The standard InChI is InChI=1S/C48H76N2O16.V.W/c1-22-24-10-13-47(7)30(45(24,5)12-11-27(22)52)9-8-25-26-18-44(3,4)14-16-48(26,17-15-46(25,47)6)43(60)66-42-39(34(56)32(29(20-51)63-42)50-31(54)19-49)65-41-37(59)35(57)38(23(2)62-41)64-40-36(58)33(55)28(53)21-61-40;;/h8,17,23-24,26-30,32-42,51-53,55-59H,9-16,18-21,49H2,1-7H3,(H,50,54);;/q-2;;/t23-,24+,26?,27+,28?,29+,30?,32?,33?,34?,35?,36?,37?,38?,39?,40+,41+,42+,45?,46-,47+,48?;;/m1../s1. The first-order valence-corrected chi connectivity index (χ1v) is 24.2. The van der Waals surface area contributed by atoms with E-state index in [2.05, 4.69) is 59.4 Å². The molecule has 13 unspecified atom stereocenters. The normalized spacial score (nSPS) is 50.0. The van der Waals surface area contributed by atoms with Gasteiger partial charge in [-0.25, -0.2) is 0 Å². The van der Waals surface area contributed by atoms with Gasteiger partial charge in [0.2, 0.25) is 12.2 Å². The van der Waals surface area contributed by atoms with Gasteiger partial charge in [0, 0.05) is 39.6 Å². The number of nitrogens with one attached hydrogen (secondary N) is 1. The van der Waals surface area contributed by atoms with Crippen molar-refractivity contribution in [1.29, 1.82) is 0 Å². The minimum atomic E-state index is -1.88. The number of esters is 1. The van der Waals surface area contributed by atoms with Gasteiger partial charge in [0.15, 0.2) is 18.7 Å². The number of rotatable bonds is 9. The van der Waals surface area contributed by atoms with E-state index in [1.165, 1.54) is 18.4 Å². The van der Waals surface area contributed by atoms with Gasteiger partial charge in [-0.3, -0.25) is 15.5 Å². The zero-order valence-electron chi connectivity index (χ0n) is 40.3. The number of carbonyl (C=O) groups is 2. The van der Waals surface area contributed by atoms with Crippen LogP contribution < -0.4 is 11.1 Å². The number of amides is 1. The molecule has 11 N–H and O–H groups in total. The van der Waals surface area contributed by atoms with E-state index in [-0.39, 0.29) is 79.9 Å². The van der Waals surface area contributed by atoms with Crippen molar-refractivity contribution in [2.75, 3.05) is 19.8 Å². The second-order valence-electron chi connectivity index (χ2n) is 22.5. The zero-order chi connectivity index (χ0) is 48.1. The van der Waals surface area contributed by atoms with E-state index in [1.54, 1.807) is 0 Å². The van der Waals surface area contributed by atoms with Crippen LogP contribution in [0.5, 0.6) is 0 Å². The van der Waals surface area contributed by atoms with E-state index >= 15 is 4.79 Å². The number of allylic oxidation sites excluding steroid dienone is 2. The van der Waals surface area contributed by atoms with Crippen molar-refractivity contribution in [2.45, 2.75) is 198 Å². The van der Waals surface area contributed by atoms with Crippen LogP contribution in [-0.2, 0) is 77.6 Å². The number of ether oxygens (including phenoxy) is 6. The van der Waals surface area contributed by atoms with Crippen LogP contribution in [0.3, 0.4) is 0 Å². The molecule has 1 radical (unpaired) electrons. The molecule has 18 nitrogen and oxygen atoms in total. The Balaban J connectivity index is 0.00000381. The molecule has 0 spiro atoms. The van der Waals surface area contributed by atoms with Gasteiger partial charge in [0.05, 0.1) is 31.9 Å². The molecular weight excluding hydrogens is 1100 g/mol. The van der Waals surface area contributed by atoms with Crippen LogP contribution >= 0.6 is 0 Å². The molecule has 3 heterocycles. The second kappa shape index (κ2) is 21.0. The largest absolute Gasteiger partial charge is 0.434 e. The number of carbonyl (C=O) groups excluding carboxylic acids is 2. The summed E-state index contributed by atoms with van der Waals surface area (Å²) in [4.78, 5) is 27.9. The van der Waals surface area contributed by atoms with Crippen LogP contribution in [0.2, 0.25) is 0 Å². The summed E-state index contributed by atoms with van der Waals surface area (Å²) >= 11 is 0. The fourth-order valence-corrected chi connectivity index (χ4v) is 14.2. The van der Waals surface area contributed by atoms with Gasteiger partial charge >= 0.3 is 0 Å². The third kappa shape index (κ3) is 9.45. The van der Waals surface area contributed by atoms with Crippen molar-refractivity contribution < 1.29 is 118 Å². The Labute approximate surface area is 426 Å². The Morgan fingerprint density at radius 1 is 0.882 bits per heavy atom. The first kappa shape index (κ1) is 56.7. The molecular formula is C48H76N2O16VW-2. The first-order valence-electron chi connectivity index (χ1n) is 24.2. The average Bonchev–Trinajstić information content (AvgIpc) is 3.27. The molecule has 1 amide bonds. The second-order valence-corrected chi connectivity index (χ2v) is 22.5. The van der Waals surface area contributed by atoms with Gasteiger partial charge in [-0.15, -0.1) is 0 Å². The van der Waals surface area contributed by atoms with Crippen LogP contribution in [0.25, 0.3) is 0 Å². The van der Waals surface area contributed by atoms with Crippen molar-refractivity contribution in [2.24, 2.45) is 50.6 Å². The number of aliphatic hydroxyl groups excluding tert-OH is 8. The maximum atomic E-state index is 15.3. The Morgan fingerprint density at radius 3 is 2.24 bits per heavy atom. The summed E-state index contributed by atoms with van der Waals surface area (Å²) in [5, 5.41) is 89.4. The van der Waals surface area contributed by atoms with Gasteiger partial charge in [-0.1, -0.05) is 77.0 Å². The van der Waals surface area contributed by atoms with E-state index in [0.717, 1.165) is 38.5 Å². The molecule has 8 aliphatic rings. The fourth-order valence-electron chi connectivity index (χ4n) is 14.2. The third-order valence-electron chi connectivity index (χ3n) is 18.5. The predicted molar refractivity (Wildman–Crippen MR) is 233 cm³/mol. The van der Waals surface area contributed by atoms with Gasteiger partial charge < -0.3 is 86.7 Å². The van der Waals surface area contributed by atoms with Crippen molar-refractivity contribution in [3.63, 3.8) is 0 Å². The van der Waals surface area contributed by atoms with Crippen molar-refractivity contribution in [3.8, 4) is 0 Å². The maximum Gasteiger partial charge on any atom is 0.284 e. The van der Waals surface area contributed by atoms with Crippen LogP contribution in [-0.4, -0.2) is 165 Å².